The van der Waals surface area contributed by atoms with Gasteiger partial charge in [-0.15, -0.1) is 11.8 Å². The van der Waals surface area contributed by atoms with Gasteiger partial charge in [-0.25, -0.2) is 0 Å². The van der Waals surface area contributed by atoms with Crippen LogP contribution in [-0.4, -0.2) is 63.7 Å². The molecule has 2 amide bonds. The van der Waals surface area contributed by atoms with Crippen LogP contribution in [0.15, 0.2) is 0 Å². The van der Waals surface area contributed by atoms with Gasteiger partial charge in [-0.3, -0.25) is 19.2 Å². The van der Waals surface area contributed by atoms with E-state index < -0.39 is 22.7 Å². The first-order valence-corrected chi connectivity index (χ1v) is 9.74. The number of carbonyl (C=O) groups is 4. The van der Waals surface area contributed by atoms with Crippen molar-refractivity contribution in [2.24, 2.45) is 5.41 Å². The number of amides is 2. The lowest BCUT2D eigenvalue weighted by molar-refractivity contribution is -0.147. The molecule has 140 valence electrons. The molecule has 2 N–H and O–H groups in total. The molecule has 0 aromatic rings. The average molecular weight is 370 g/mol. The lowest BCUT2D eigenvalue weighted by Crippen LogP contribution is -2.51. The first-order chi connectivity index (χ1) is 11.8. The molecule has 1 aliphatic carbocycles. The lowest BCUT2D eigenvalue weighted by Gasteiger charge is -2.31. The number of hydrogen-bond donors (Lipinski definition) is 2. The quantitative estimate of drug-likeness (QED) is 0.724. The Kier molecular flexibility index (Phi) is 6.48. The van der Waals surface area contributed by atoms with Crippen LogP contribution >= 0.6 is 11.8 Å². The van der Waals surface area contributed by atoms with E-state index in [9.17, 15) is 24.3 Å². The second kappa shape index (κ2) is 8.21. The van der Waals surface area contributed by atoms with Crippen LogP contribution in [0.25, 0.3) is 0 Å². The molecule has 0 aromatic carbocycles. The van der Waals surface area contributed by atoms with Crippen molar-refractivity contribution >= 4 is 35.3 Å². The number of nitrogens with one attached hydrogen (secondary N) is 1. The average Bonchev–Trinajstić information content (AvgIpc) is 2.87. The molecule has 2 fully saturated rings. The van der Waals surface area contributed by atoms with Gasteiger partial charge in [-0.2, -0.15) is 0 Å². The largest absolute Gasteiger partial charge is 0.481 e. The number of ketones is 1. The zero-order chi connectivity index (χ0) is 18.6. The minimum atomic E-state index is -1.11. The highest BCUT2D eigenvalue weighted by Crippen LogP contribution is 2.43. The van der Waals surface area contributed by atoms with Gasteiger partial charge in [-0.05, 0) is 32.6 Å². The number of rotatable bonds is 6. The zero-order valence-corrected chi connectivity index (χ0v) is 15.6. The summed E-state index contributed by atoms with van der Waals surface area (Å²) in [5, 5.41) is 11.5. The van der Waals surface area contributed by atoms with Crippen molar-refractivity contribution in [1.82, 2.24) is 10.2 Å². The molecule has 3 atom stereocenters. The summed E-state index contributed by atoms with van der Waals surface area (Å²) >= 11 is 1.18. The Balaban J connectivity index is 2.06. The fourth-order valence-corrected chi connectivity index (χ4v) is 4.94. The maximum absolute atomic E-state index is 12.7. The molecular formula is C17H26N2O5S. The lowest BCUT2D eigenvalue weighted by atomic mass is 9.89. The zero-order valence-electron chi connectivity index (χ0n) is 14.7. The van der Waals surface area contributed by atoms with E-state index in [-0.39, 0.29) is 29.8 Å². The second-order valence-electron chi connectivity index (χ2n) is 7.04. The first-order valence-electron chi connectivity index (χ1n) is 8.69. The second-order valence-corrected chi connectivity index (χ2v) is 8.18. The molecule has 8 heteroatoms. The maximum Gasteiger partial charge on any atom is 0.310 e. The molecule has 0 radical (unpaired) electrons. The van der Waals surface area contributed by atoms with Crippen LogP contribution in [0.2, 0.25) is 0 Å². The molecule has 1 aliphatic heterocycles. The first kappa shape index (κ1) is 19.8. The van der Waals surface area contributed by atoms with Crippen LogP contribution in [0, 0.1) is 5.41 Å². The highest BCUT2D eigenvalue weighted by Gasteiger charge is 2.50. The smallest absolute Gasteiger partial charge is 0.310 e. The van der Waals surface area contributed by atoms with Crippen molar-refractivity contribution in [2.75, 3.05) is 18.8 Å². The Hall–Kier alpha value is -1.57. The van der Waals surface area contributed by atoms with Gasteiger partial charge in [0.05, 0.1) is 10.7 Å². The minimum Gasteiger partial charge on any atom is -0.481 e. The van der Waals surface area contributed by atoms with E-state index in [2.05, 4.69) is 5.32 Å². The molecule has 2 aliphatic rings. The molecule has 1 saturated carbocycles. The number of aliphatic carboxylic acids is 1. The number of likely N-dealkylation sites (tertiary alicyclic amines) is 1. The molecule has 0 bridgehead atoms. The van der Waals surface area contributed by atoms with Crippen LogP contribution in [0.1, 0.15) is 46.0 Å². The summed E-state index contributed by atoms with van der Waals surface area (Å²) in [5.74, 6) is -1.34. The van der Waals surface area contributed by atoms with Gasteiger partial charge in [0, 0.05) is 32.2 Å². The van der Waals surface area contributed by atoms with E-state index in [4.69, 9.17) is 0 Å². The molecule has 0 aromatic heterocycles. The summed E-state index contributed by atoms with van der Waals surface area (Å²) in [6.07, 6.45) is 3.54. The van der Waals surface area contributed by atoms with Crippen molar-refractivity contribution < 1.29 is 24.3 Å². The normalized spacial score (nSPS) is 27.8. The van der Waals surface area contributed by atoms with Crippen LogP contribution in [0.5, 0.6) is 0 Å². The van der Waals surface area contributed by atoms with E-state index in [0.717, 1.165) is 19.3 Å². The standard InChI is InChI=1S/C17H26N2O5S/c1-11(20)18-12(15(22)19-8-4-3-5-9-19)10-25-14-13(21)6-7-17(14,2)16(23)24/h12,14H,3-10H2,1-2H3,(H,18,20)(H,23,24)/t12-,14+,17-/m0/s1. The Morgan fingerprint density at radius 1 is 1.32 bits per heavy atom. The Morgan fingerprint density at radius 3 is 2.52 bits per heavy atom. The number of carbonyl (C=O) groups excluding carboxylic acids is 3. The van der Waals surface area contributed by atoms with Gasteiger partial charge in [0.15, 0.2) is 0 Å². The summed E-state index contributed by atoms with van der Waals surface area (Å²) in [4.78, 5) is 49.7. The third-order valence-electron chi connectivity index (χ3n) is 5.02. The molecule has 1 heterocycles. The van der Waals surface area contributed by atoms with Crippen LogP contribution in [-0.2, 0) is 19.2 Å². The SMILES string of the molecule is CC(=O)N[C@@H](CS[C@@H]1C(=O)CC[C@]1(C)C(=O)O)C(=O)N1CCCCC1. The summed E-state index contributed by atoms with van der Waals surface area (Å²) in [6.45, 7) is 4.28. The van der Waals surface area contributed by atoms with E-state index in [1.165, 1.54) is 18.7 Å². The van der Waals surface area contributed by atoms with E-state index in [1.54, 1.807) is 11.8 Å². The highest BCUT2D eigenvalue weighted by molar-refractivity contribution is 8.00. The van der Waals surface area contributed by atoms with E-state index in [0.29, 0.717) is 19.5 Å². The van der Waals surface area contributed by atoms with Crippen molar-refractivity contribution in [2.45, 2.75) is 57.2 Å². The van der Waals surface area contributed by atoms with Crippen LogP contribution < -0.4 is 5.32 Å². The number of piperidine rings is 1. The van der Waals surface area contributed by atoms with E-state index in [1.807, 2.05) is 0 Å². The van der Waals surface area contributed by atoms with Crippen LogP contribution in [0.3, 0.4) is 0 Å². The molecule has 2 rings (SSSR count). The number of thioether (sulfide) groups is 1. The number of carboxylic acid groups (broad SMARTS) is 1. The number of hydrogen-bond acceptors (Lipinski definition) is 5. The molecule has 7 nitrogen and oxygen atoms in total. The molecule has 0 spiro atoms. The molecule has 0 unspecified atom stereocenters. The molecule has 25 heavy (non-hydrogen) atoms. The third-order valence-corrected chi connectivity index (χ3v) is 6.67. The summed E-state index contributed by atoms with van der Waals surface area (Å²) in [7, 11) is 0. The van der Waals surface area contributed by atoms with Gasteiger partial charge >= 0.3 is 5.97 Å². The number of carboxylic acids is 1. The Labute approximate surface area is 151 Å². The topological polar surface area (TPSA) is 104 Å². The van der Waals surface area contributed by atoms with Crippen molar-refractivity contribution in [1.29, 1.82) is 0 Å². The fraction of sp³-hybridized carbons (Fsp3) is 0.765. The highest BCUT2D eigenvalue weighted by atomic mass is 32.2. The maximum atomic E-state index is 12.7. The van der Waals surface area contributed by atoms with Crippen molar-refractivity contribution in [3.05, 3.63) is 0 Å². The number of nitrogens with zero attached hydrogens (tertiary/aromatic N) is 1. The Morgan fingerprint density at radius 2 is 1.96 bits per heavy atom. The predicted molar refractivity (Wildman–Crippen MR) is 94.3 cm³/mol. The van der Waals surface area contributed by atoms with Gasteiger partial charge < -0.3 is 15.3 Å². The summed E-state index contributed by atoms with van der Waals surface area (Å²) < 4.78 is 0. The monoisotopic (exact) mass is 370 g/mol. The van der Waals surface area contributed by atoms with Crippen molar-refractivity contribution in [3.63, 3.8) is 0 Å². The molecule has 1 saturated heterocycles. The summed E-state index contributed by atoms with van der Waals surface area (Å²) in [6, 6.07) is -0.730. The van der Waals surface area contributed by atoms with Crippen molar-refractivity contribution in [3.8, 4) is 0 Å². The fourth-order valence-electron chi connectivity index (χ4n) is 3.44. The minimum absolute atomic E-state index is 0.0955. The number of Topliss-reactive ketones (excluding diaryl/α,β-unsaturated/α-hetero) is 1. The Bertz CT molecular complexity index is 561. The molecular weight excluding hydrogens is 344 g/mol. The summed E-state index contributed by atoms with van der Waals surface area (Å²) in [5.41, 5.74) is -1.11. The van der Waals surface area contributed by atoms with Gasteiger partial charge in [-0.1, -0.05) is 0 Å². The van der Waals surface area contributed by atoms with Gasteiger partial charge in [0.25, 0.3) is 0 Å². The predicted octanol–water partition coefficient (Wildman–Crippen LogP) is 1.06. The van der Waals surface area contributed by atoms with Crippen LogP contribution in [0.4, 0.5) is 0 Å². The van der Waals surface area contributed by atoms with Gasteiger partial charge in [0.1, 0.15) is 11.8 Å². The van der Waals surface area contributed by atoms with Gasteiger partial charge in [0.2, 0.25) is 11.8 Å². The third kappa shape index (κ3) is 4.54. The van der Waals surface area contributed by atoms with E-state index >= 15 is 0 Å².